The number of rotatable bonds is 2. The Balaban J connectivity index is 2.34. The van der Waals surface area contributed by atoms with Crippen molar-refractivity contribution in [2.24, 2.45) is 11.8 Å². The van der Waals surface area contributed by atoms with Gasteiger partial charge in [0.2, 0.25) is 17.7 Å². The van der Waals surface area contributed by atoms with E-state index < -0.39 is 29.9 Å². The first-order chi connectivity index (χ1) is 17.3. The van der Waals surface area contributed by atoms with E-state index in [0.717, 1.165) is 5.57 Å². The van der Waals surface area contributed by atoms with Gasteiger partial charge in [-0.2, -0.15) is 0 Å². The van der Waals surface area contributed by atoms with Gasteiger partial charge in [-0.3, -0.25) is 14.4 Å². The summed E-state index contributed by atoms with van der Waals surface area (Å²) in [6, 6.07) is 2.89. The zero-order valence-corrected chi connectivity index (χ0v) is 23.9. The van der Waals surface area contributed by atoms with Crippen molar-refractivity contribution in [1.29, 1.82) is 0 Å². The average Bonchev–Trinajstić information content (AvgIpc) is 2.81. The Hall–Kier alpha value is -2.88. The fourth-order valence-corrected chi connectivity index (χ4v) is 4.81. The number of halogens is 1. The molecule has 1 aromatic rings. The van der Waals surface area contributed by atoms with Crippen LogP contribution >= 0.6 is 15.9 Å². The molecule has 0 fully saturated rings. The molecular formula is C27H38BrN3O6. The number of ether oxygens (including phenoxy) is 1. The van der Waals surface area contributed by atoms with Crippen LogP contribution < -0.4 is 10.6 Å². The van der Waals surface area contributed by atoms with Gasteiger partial charge in [0.15, 0.2) is 0 Å². The lowest BCUT2D eigenvalue weighted by Gasteiger charge is -2.29. The molecule has 1 aromatic carbocycles. The number of hydrogen-bond donors (Lipinski definition) is 3. The number of likely N-dealkylation sites (N-methyl/N-ethyl adjacent to an activating group) is 1. The molecule has 0 aliphatic carbocycles. The van der Waals surface area contributed by atoms with Crippen LogP contribution in [0.1, 0.15) is 53.0 Å². The van der Waals surface area contributed by atoms with E-state index in [1.54, 1.807) is 26.0 Å². The maximum atomic E-state index is 13.3. The summed E-state index contributed by atoms with van der Waals surface area (Å²) in [6.45, 7) is 8.85. The van der Waals surface area contributed by atoms with Crippen molar-refractivity contribution >= 4 is 39.6 Å². The molecule has 0 bridgehead atoms. The minimum Gasteiger partial charge on any atom is -0.507 e. The summed E-state index contributed by atoms with van der Waals surface area (Å²) >= 11 is 3.26. The maximum Gasteiger partial charge on any atom is 0.328 e. The molecule has 0 spiro atoms. The summed E-state index contributed by atoms with van der Waals surface area (Å²) in [4.78, 5) is 52.9. The third kappa shape index (κ3) is 9.18. The van der Waals surface area contributed by atoms with Gasteiger partial charge in [0.25, 0.3) is 0 Å². The van der Waals surface area contributed by atoms with Crippen LogP contribution in [-0.4, -0.2) is 65.5 Å². The quantitative estimate of drug-likeness (QED) is 0.365. The van der Waals surface area contributed by atoms with Crippen molar-refractivity contribution in [3.8, 4) is 5.75 Å². The van der Waals surface area contributed by atoms with E-state index in [-0.39, 0.29) is 42.6 Å². The van der Waals surface area contributed by atoms with E-state index in [0.29, 0.717) is 22.9 Å². The van der Waals surface area contributed by atoms with Crippen LogP contribution in [-0.2, 0) is 30.3 Å². The lowest BCUT2D eigenvalue weighted by Crippen LogP contribution is -2.54. The zero-order chi connectivity index (χ0) is 27.9. The average molecular weight is 581 g/mol. The standard InChI is InChI=1S/C27H38BrN3O6/c1-15-9-16(2)11-18(4)37-27(36)19(5)30-26(35)22(13-20-7-8-23(32)21(28)12-20)31(6)24(33)14-29-25(34)17(3)10-15/h7-9,12,16-19,22,32H,10-11,13-14H2,1-6H3,(H,29,34)(H,30,35). The summed E-state index contributed by atoms with van der Waals surface area (Å²) in [5.74, 6) is -1.98. The third-order valence-electron chi connectivity index (χ3n) is 6.40. The maximum absolute atomic E-state index is 13.3. The number of aromatic hydroxyl groups is 1. The number of hydrogen-bond acceptors (Lipinski definition) is 6. The fourth-order valence-electron chi connectivity index (χ4n) is 4.38. The van der Waals surface area contributed by atoms with Crippen LogP contribution in [0.5, 0.6) is 5.75 Å². The lowest BCUT2D eigenvalue weighted by atomic mass is 9.96. The molecule has 9 nitrogen and oxygen atoms in total. The van der Waals surface area contributed by atoms with E-state index in [1.165, 1.54) is 24.9 Å². The number of allylic oxidation sites excluding steroid dienone is 2. The molecular weight excluding hydrogens is 542 g/mol. The number of nitrogens with one attached hydrogen (secondary N) is 2. The Morgan fingerprint density at radius 1 is 1.11 bits per heavy atom. The SMILES string of the molecule is CC1=CC(C)CC(C)OC(=O)C(C)NC(=O)C(Cc2ccc(O)c(Br)c2)N(C)C(=O)CNC(=O)C(C)C1. The second-order valence-electron chi connectivity index (χ2n) is 10.0. The van der Waals surface area contributed by atoms with E-state index >= 15 is 0 Å². The van der Waals surface area contributed by atoms with Crippen LogP contribution in [0.4, 0.5) is 0 Å². The summed E-state index contributed by atoms with van der Waals surface area (Å²) in [7, 11) is 1.48. The van der Waals surface area contributed by atoms with Gasteiger partial charge in [0, 0.05) is 19.4 Å². The van der Waals surface area contributed by atoms with Crippen LogP contribution in [0.2, 0.25) is 0 Å². The van der Waals surface area contributed by atoms with Crippen LogP contribution in [0.25, 0.3) is 0 Å². The number of phenolic OH excluding ortho intramolecular Hbond substituents is 1. The van der Waals surface area contributed by atoms with Crippen molar-refractivity contribution < 1.29 is 29.0 Å². The minimum absolute atomic E-state index is 0.0454. The van der Waals surface area contributed by atoms with Crippen LogP contribution in [0, 0.1) is 11.8 Å². The molecule has 3 amide bonds. The molecule has 204 valence electrons. The van der Waals surface area contributed by atoms with E-state index in [9.17, 15) is 24.3 Å². The smallest absolute Gasteiger partial charge is 0.328 e. The largest absolute Gasteiger partial charge is 0.507 e. The molecule has 1 aliphatic heterocycles. The van der Waals surface area contributed by atoms with Gasteiger partial charge < -0.3 is 25.4 Å². The highest BCUT2D eigenvalue weighted by atomic mass is 79.9. The van der Waals surface area contributed by atoms with Gasteiger partial charge in [-0.1, -0.05) is 31.6 Å². The predicted octanol–water partition coefficient (Wildman–Crippen LogP) is 3.09. The second kappa shape index (κ2) is 13.6. The molecule has 1 heterocycles. The van der Waals surface area contributed by atoms with Crippen molar-refractivity contribution in [1.82, 2.24) is 15.5 Å². The predicted molar refractivity (Wildman–Crippen MR) is 144 cm³/mol. The van der Waals surface area contributed by atoms with Crippen LogP contribution in [0.15, 0.2) is 34.3 Å². The molecule has 5 unspecified atom stereocenters. The van der Waals surface area contributed by atoms with Crippen LogP contribution in [0.3, 0.4) is 0 Å². The molecule has 3 N–H and O–H groups in total. The number of carbonyl (C=O) groups is 4. The number of benzene rings is 1. The van der Waals surface area contributed by atoms with Gasteiger partial charge in [-0.05, 0) is 73.2 Å². The highest BCUT2D eigenvalue weighted by Crippen LogP contribution is 2.25. The van der Waals surface area contributed by atoms with Gasteiger partial charge in [0.05, 0.1) is 17.1 Å². The molecule has 10 heteroatoms. The summed E-state index contributed by atoms with van der Waals surface area (Å²) in [5, 5.41) is 15.2. The molecule has 1 aliphatic rings. The van der Waals surface area contributed by atoms with Crippen molar-refractivity contribution in [2.45, 2.75) is 72.1 Å². The van der Waals surface area contributed by atoms with Gasteiger partial charge >= 0.3 is 5.97 Å². The minimum atomic E-state index is -0.977. The second-order valence-corrected chi connectivity index (χ2v) is 10.9. The molecule has 0 saturated carbocycles. The monoisotopic (exact) mass is 579 g/mol. The van der Waals surface area contributed by atoms with Crippen molar-refractivity contribution in [3.63, 3.8) is 0 Å². The van der Waals surface area contributed by atoms with E-state index in [4.69, 9.17) is 4.74 Å². The lowest BCUT2D eigenvalue weighted by molar-refractivity contribution is -0.153. The normalized spacial score (nSPS) is 27.4. The van der Waals surface area contributed by atoms with Crippen molar-refractivity contribution in [3.05, 3.63) is 39.9 Å². The number of amides is 3. The highest BCUT2D eigenvalue weighted by Gasteiger charge is 2.31. The first-order valence-electron chi connectivity index (χ1n) is 12.5. The summed E-state index contributed by atoms with van der Waals surface area (Å²) < 4.78 is 6.02. The van der Waals surface area contributed by atoms with Gasteiger partial charge in [-0.25, -0.2) is 4.79 Å². The molecule has 2 rings (SSSR count). The number of esters is 1. The topological polar surface area (TPSA) is 125 Å². The Bertz CT molecular complexity index is 1040. The van der Waals surface area contributed by atoms with E-state index in [2.05, 4.69) is 32.6 Å². The molecule has 5 atom stereocenters. The molecule has 0 radical (unpaired) electrons. The first kappa shape index (κ1) is 30.3. The summed E-state index contributed by atoms with van der Waals surface area (Å²) in [6.07, 6.45) is 2.94. The zero-order valence-electron chi connectivity index (χ0n) is 22.3. The van der Waals surface area contributed by atoms with Gasteiger partial charge in [0.1, 0.15) is 17.8 Å². The first-order valence-corrected chi connectivity index (χ1v) is 13.3. The number of cyclic esters (lactones) is 1. The Morgan fingerprint density at radius 2 is 1.78 bits per heavy atom. The molecule has 0 aromatic heterocycles. The Morgan fingerprint density at radius 3 is 2.43 bits per heavy atom. The molecule has 37 heavy (non-hydrogen) atoms. The number of nitrogens with zero attached hydrogens (tertiary/aromatic N) is 1. The van der Waals surface area contributed by atoms with Gasteiger partial charge in [-0.15, -0.1) is 0 Å². The number of phenols is 1. The van der Waals surface area contributed by atoms with Crippen molar-refractivity contribution in [2.75, 3.05) is 13.6 Å². The highest BCUT2D eigenvalue weighted by molar-refractivity contribution is 9.10. The van der Waals surface area contributed by atoms with E-state index in [1.807, 2.05) is 13.8 Å². The molecule has 0 saturated heterocycles. The third-order valence-corrected chi connectivity index (χ3v) is 7.03. The number of carbonyl (C=O) groups excluding carboxylic acids is 4. The Labute approximate surface area is 227 Å². The summed E-state index contributed by atoms with van der Waals surface area (Å²) in [5.41, 5.74) is 1.73. The Kier molecular flexibility index (Phi) is 11.2. The fraction of sp³-hybridized carbons (Fsp3) is 0.556.